The number of aromatic nitrogens is 5. The third-order valence-electron chi connectivity index (χ3n) is 6.71. The van der Waals surface area contributed by atoms with Crippen LogP contribution < -0.4 is 0 Å². The van der Waals surface area contributed by atoms with Gasteiger partial charge in [-0.1, -0.05) is 49.2 Å². The standard InChI is InChI=1S/C26H26N6O3/c1-16(26(34)35)32(25(33)18-6-2-3-7-18)15-17-10-12-22-19(14-17)11-13-23(27-22)20-8-4-5-9-21(20)24-28-30-31-29-24/h4-5,8-14,16,18H,2-3,6-7,15H2,1H3,(H,34,35)(H,28,29,30,31)/t16-/m0/s1. The third-order valence-corrected chi connectivity index (χ3v) is 6.71. The van der Waals surface area contributed by atoms with Crippen LogP contribution in [0.3, 0.4) is 0 Å². The van der Waals surface area contributed by atoms with Gasteiger partial charge in [0.25, 0.3) is 0 Å². The second kappa shape index (κ2) is 9.61. The van der Waals surface area contributed by atoms with Crippen molar-refractivity contribution in [3.05, 3.63) is 60.2 Å². The Morgan fingerprint density at radius 1 is 1.09 bits per heavy atom. The molecule has 1 saturated carbocycles. The second-order valence-corrected chi connectivity index (χ2v) is 8.97. The van der Waals surface area contributed by atoms with E-state index in [1.165, 1.54) is 4.90 Å². The molecule has 1 atom stereocenters. The number of fused-ring (bicyclic) bond motifs is 1. The molecule has 178 valence electrons. The summed E-state index contributed by atoms with van der Waals surface area (Å²) in [5.41, 5.74) is 4.17. The lowest BCUT2D eigenvalue weighted by Crippen LogP contribution is -2.45. The van der Waals surface area contributed by atoms with Gasteiger partial charge in [0.05, 0.1) is 11.2 Å². The summed E-state index contributed by atoms with van der Waals surface area (Å²) in [6.07, 6.45) is 3.70. The number of carbonyl (C=O) groups excluding carboxylic acids is 1. The summed E-state index contributed by atoms with van der Waals surface area (Å²) in [7, 11) is 0. The Kier molecular flexibility index (Phi) is 6.22. The first-order chi connectivity index (χ1) is 17.0. The highest BCUT2D eigenvalue weighted by atomic mass is 16.4. The number of hydrogen-bond acceptors (Lipinski definition) is 6. The zero-order chi connectivity index (χ0) is 24.4. The summed E-state index contributed by atoms with van der Waals surface area (Å²) in [4.78, 5) is 31.2. The molecule has 0 unspecified atom stereocenters. The SMILES string of the molecule is C[C@@H](C(=O)O)N(Cc1ccc2nc(-c3ccccc3-c3nn[nH]n3)ccc2c1)C(=O)C1CCCC1. The van der Waals surface area contributed by atoms with Crippen molar-refractivity contribution in [1.82, 2.24) is 30.5 Å². The van der Waals surface area contributed by atoms with Crippen LogP contribution >= 0.6 is 0 Å². The fourth-order valence-corrected chi connectivity index (χ4v) is 4.74. The highest BCUT2D eigenvalue weighted by molar-refractivity contribution is 5.87. The number of pyridine rings is 1. The fourth-order valence-electron chi connectivity index (χ4n) is 4.74. The summed E-state index contributed by atoms with van der Waals surface area (Å²) < 4.78 is 0. The van der Waals surface area contributed by atoms with Crippen LogP contribution in [-0.2, 0) is 16.1 Å². The van der Waals surface area contributed by atoms with Gasteiger partial charge in [0.15, 0.2) is 0 Å². The number of aliphatic carboxylic acids is 1. The predicted octanol–water partition coefficient (Wildman–Crippen LogP) is 4.07. The quantitative estimate of drug-likeness (QED) is 0.417. The van der Waals surface area contributed by atoms with Gasteiger partial charge < -0.3 is 10.0 Å². The van der Waals surface area contributed by atoms with Gasteiger partial charge in [0.2, 0.25) is 11.7 Å². The molecule has 1 aliphatic rings. The number of rotatable bonds is 7. The number of carboxylic acid groups (broad SMARTS) is 1. The zero-order valence-electron chi connectivity index (χ0n) is 19.4. The van der Waals surface area contributed by atoms with Gasteiger partial charge in [0, 0.05) is 29.0 Å². The van der Waals surface area contributed by atoms with Gasteiger partial charge in [0.1, 0.15) is 6.04 Å². The summed E-state index contributed by atoms with van der Waals surface area (Å²) in [5, 5.41) is 24.8. The molecule has 2 heterocycles. The van der Waals surface area contributed by atoms with Crippen LogP contribution in [0.1, 0.15) is 38.2 Å². The van der Waals surface area contributed by atoms with E-state index in [1.54, 1.807) is 6.92 Å². The number of tetrazole rings is 1. The minimum absolute atomic E-state index is 0.0657. The molecule has 1 aliphatic carbocycles. The first kappa shape index (κ1) is 22.6. The van der Waals surface area contributed by atoms with Gasteiger partial charge in [-0.05, 0) is 48.7 Å². The molecule has 2 N–H and O–H groups in total. The first-order valence-electron chi connectivity index (χ1n) is 11.8. The molecule has 0 bridgehead atoms. The number of hydrogen-bond donors (Lipinski definition) is 2. The van der Waals surface area contributed by atoms with Crippen molar-refractivity contribution in [2.75, 3.05) is 0 Å². The summed E-state index contributed by atoms with van der Waals surface area (Å²) in [6, 6.07) is 16.6. The minimum atomic E-state index is -0.997. The van der Waals surface area contributed by atoms with Crippen LogP contribution in [0.4, 0.5) is 0 Å². The fraction of sp³-hybridized carbons (Fsp3) is 0.308. The molecule has 1 fully saturated rings. The molecule has 0 spiro atoms. The topological polar surface area (TPSA) is 125 Å². The molecule has 2 aromatic heterocycles. The van der Waals surface area contributed by atoms with E-state index in [-0.39, 0.29) is 18.4 Å². The van der Waals surface area contributed by atoms with Gasteiger partial charge >= 0.3 is 5.97 Å². The Morgan fingerprint density at radius 2 is 1.86 bits per heavy atom. The maximum absolute atomic E-state index is 13.1. The number of H-pyrrole nitrogens is 1. The largest absolute Gasteiger partial charge is 0.480 e. The summed E-state index contributed by atoms with van der Waals surface area (Å²) in [6.45, 7) is 1.83. The van der Waals surface area contributed by atoms with Crippen LogP contribution in [0.2, 0.25) is 0 Å². The Hall–Kier alpha value is -4.14. The number of nitrogens with one attached hydrogen (secondary N) is 1. The van der Waals surface area contributed by atoms with Crippen molar-refractivity contribution < 1.29 is 14.7 Å². The van der Waals surface area contributed by atoms with Crippen molar-refractivity contribution in [3.8, 4) is 22.6 Å². The molecular weight excluding hydrogens is 444 g/mol. The Balaban J connectivity index is 1.44. The van der Waals surface area contributed by atoms with E-state index in [0.717, 1.165) is 59.0 Å². The predicted molar refractivity (Wildman–Crippen MR) is 130 cm³/mol. The normalized spacial score (nSPS) is 14.8. The molecule has 1 amide bonds. The molecule has 9 heteroatoms. The van der Waals surface area contributed by atoms with Crippen molar-refractivity contribution in [2.45, 2.75) is 45.2 Å². The van der Waals surface area contributed by atoms with E-state index in [0.29, 0.717) is 5.82 Å². The highest BCUT2D eigenvalue weighted by Gasteiger charge is 2.32. The van der Waals surface area contributed by atoms with Crippen molar-refractivity contribution in [1.29, 1.82) is 0 Å². The molecule has 9 nitrogen and oxygen atoms in total. The monoisotopic (exact) mass is 470 g/mol. The molecule has 2 aromatic carbocycles. The first-order valence-corrected chi connectivity index (χ1v) is 11.8. The van der Waals surface area contributed by atoms with E-state index in [2.05, 4.69) is 20.6 Å². The van der Waals surface area contributed by atoms with Crippen molar-refractivity contribution in [3.63, 3.8) is 0 Å². The lowest BCUT2D eigenvalue weighted by Gasteiger charge is -2.29. The summed E-state index contributed by atoms with van der Waals surface area (Å²) in [5.74, 6) is -0.647. The van der Waals surface area contributed by atoms with Crippen LogP contribution in [0, 0.1) is 5.92 Å². The highest BCUT2D eigenvalue weighted by Crippen LogP contribution is 2.31. The van der Waals surface area contributed by atoms with Crippen molar-refractivity contribution >= 4 is 22.8 Å². The van der Waals surface area contributed by atoms with Gasteiger partial charge in [-0.2, -0.15) is 5.21 Å². The Labute approximate surface area is 202 Å². The number of amides is 1. The number of nitrogens with zero attached hydrogens (tertiary/aromatic N) is 5. The number of aromatic amines is 1. The van der Waals surface area contributed by atoms with Crippen LogP contribution in [0.5, 0.6) is 0 Å². The molecule has 0 saturated heterocycles. The van der Waals surface area contributed by atoms with Gasteiger partial charge in [-0.25, -0.2) is 9.78 Å². The number of carbonyl (C=O) groups is 2. The molecule has 35 heavy (non-hydrogen) atoms. The summed E-state index contributed by atoms with van der Waals surface area (Å²) >= 11 is 0. The maximum Gasteiger partial charge on any atom is 0.326 e. The molecule has 5 rings (SSSR count). The van der Waals surface area contributed by atoms with Crippen molar-refractivity contribution in [2.24, 2.45) is 5.92 Å². The van der Waals surface area contributed by atoms with E-state index in [1.807, 2.05) is 54.6 Å². The average Bonchev–Trinajstić information content (AvgIpc) is 3.61. The maximum atomic E-state index is 13.1. The second-order valence-electron chi connectivity index (χ2n) is 8.97. The smallest absolute Gasteiger partial charge is 0.326 e. The molecular formula is C26H26N6O3. The van der Waals surface area contributed by atoms with Gasteiger partial charge in [-0.3, -0.25) is 4.79 Å². The number of benzene rings is 2. The molecule has 0 radical (unpaired) electrons. The lowest BCUT2D eigenvalue weighted by molar-refractivity contribution is -0.151. The van der Waals surface area contributed by atoms with Gasteiger partial charge in [-0.15, -0.1) is 10.2 Å². The molecule has 4 aromatic rings. The number of carboxylic acids is 1. The van der Waals surface area contributed by atoms with E-state index in [4.69, 9.17) is 4.98 Å². The van der Waals surface area contributed by atoms with E-state index in [9.17, 15) is 14.7 Å². The molecule has 0 aliphatic heterocycles. The Morgan fingerprint density at radius 3 is 2.57 bits per heavy atom. The van der Waals surface area contributed by atoms with E-state index >= 15 is 0 Å². The average molecular weight is 471 g/mol. The van der Waals surface area contributed by atoms with Crippen LogP contribution in [0.15, 0.2) is 54.6 Å². The van der Waals surface area contributed by atoms with Crippen LogP contribution in [0.25, 0.3) is 33.5 Å². The van der Waals surface area contributed by atoms with Crippen LogP contribution in [-0.4, -0.2) is 53.5 Å². The minimum Gasteiger partial charge on any atom is -0.480 e. The lowest BCUT2D eigenvalue weighted by atomic mass is 10.0. The van der Waals surface area contributed by atoms with E-state index < -0.39 is 12.0 Å². The Bertz CT molecular complexity index is 1360. The third kappa shape index (κ3) is 4.62. The zero-order valence-corrected chi connectivity index (χ0v) is 19.4.